The molecule has 6 heteroatoms. The SMILES string of the molecule is COc1ccc(OC)c(CN2C(=O)CC[C@@]2(C)C(=O)NC2CCCCCC2)c1. The van der Waals surface area contributed by atoms with E-state index in [1.54, 1.807) is 19.1 Å². The number of methoxy groups -OCH3 is 2. The van der Waals surface area contributed by atoms with Crippen molar-refractivity contribution in [1.82, 2.24) is 10.2 Å². The van der Waals surface area contributed by atoms with E-state index in [4.69, 9.17) is 9.47 Å². The van der Waals surface area contributed by atoms with Crippen molar-refractivity contribution in [2.24, 2.45) is 0 Å². The lowest BCUT2D eigenvalue weighted by atomic mass is 9.95. The van der Waals surface area contributed by atoms with E-state index in [0.717, 1.165) is 31.2 Å². The largest absolute Gasteiger partial charge is 0.497 e. The van der Waals surface area contributed by atoms with E-state index in [2.05, 4.69) is 5.32 Å². The van der Waals surface area contributed by atoms with Gasteiger partial charge in [-0.15, -0.1) is 0 Å². The molecule has 1 aliphatic heterocycles. The first-order chi connectivity index (χ1) is 13.5. The Morgan fingerprint density at radius 2 is 1.89 bits per heavy atom. The molecule has 154 valence electrons. The third-order valence-electron chi connectivity index (χ3n) is 6.22. The highest BCUT2D eigenvalue weighted by Crippen LogP contribution is 2.35. The summed E-state index contributed by atoms with van der Waals surface area (Å²) in [5.41, 5.74) is 0.00267. The van der Waals surface area contributed by atoms with Crippen molar-refractivity contribution in [3.8, 4) is 11.5 Å². The van der Waals surface area contributed by atoms with Crippen molar-refractivity contribution in [3.05, 3.63) is 23.8 Å². The zero-order chi connectivity index (χ0) is 20.1. The number of likely N-dealkylation sites (tertiary alicyclic amines) is 1. The number of hydrogen-bond acceptors (Lipinski definition) is 4. The highest BCUT2D eigenvalue weighted by molar-refractivity contribution is 5.94. The van der Waals surface area contributed by atoms with Gasteiger partial charge in [-0.2, -0.15) is 0 Å². The lowest BCUT2D eigenvalue weighted by Gasteiger charge is -2.35. The average molecular weight is 389 g/mol. The van der Waals surface area contributed by atoms with Crippen molar-refractivity contribution < 1.29 is 19.1 Å². The van der Waals surface area contributed by atoms with Crippen LogP contribution in [0.1, 0.15) is 63.9 Å². The maximum absolute atomic E-state index is 13.2. The van der Waals surface area contributed by atoms with E-state index in [-0.39, 0.29) is 17.9 Å². The van der Waals surface area contributed by atoms with Crippen LogP contribution in [0, 0.1) is 0 Å². The molecule has 6 nitrogen and oxygen atoms in total. The number of nitrogens with one attached hydrogen (secondary N) is 1. The van der Waals surface area contributed by atoms with Gasteiger partial charge in [-0.3, -0.25) is 9.59 Å². The molecule has 1 N–H and O–H groups in total. The van der Waals surface area contributed by atoms with Crippen LogP contribution in [0.2, 0.25) is 0 Å². The van der Waals surface area contributed by atoms with Gasteiger partial charge in [0.15, 0.2) is 0 Å². The second kappa shape index (κ2) is 8.84. The van der Waals surface area contributed by atoms with Crippen LogP contribution in [0.3, 0.4) is 0 Å². The number of carbonyl (C=O) groups excluding carboxylic acids is 2. The molecule has 0 aromatic heterocycles. The van der Waals surface area contributed by atoms with Gasteiger partial charge < -0.3 is 19.7 Å². The third kappa shape index (κ3) is 4.26. The first-order valence-electron chi connectivity index (χ1n) is 10.3. The van der Waals surface area contributed by atoms with E-state index in [1.165, 1.54) is 12.8 Å². The van der Waals surface area contributed by atoms with Gasteiger partial charge in [-0.1, -0.05) is 25.7 Å². The summed E-state index contributed by atoms with van der Waals surface area (Å²) in [4.78, 5) is 27.6. The Labute approximate surface area is 167 Å². The topological polar surface area (TPSA) is 67.9 Å². The first kappa shape index (κ1) is 20.5. The summed E-state index contributed by atoms with van der Waals surface area (Å²) >= 11 is 0. The lowest BCUT2D eigenvalue weighted by Crippen LogP contribution is -2.56. The monoisotopic (exact) mass is 388 g/mol. The molecule has 2 fully saturated rings. The molecule has 3 rings (SSSR count). The minimum absolute atomic E-state index is 0.00314. The molecule has 1 atom stereocenters. The van der Waals surface area contributed by atoms with Crippen LogP contribution in [0.25, 0.3) is 0 Å². The molecule has 1 saturated carbocycles. The molecule has 2 aliphatic rings. The normalized spacial score (nSPS) is 23.4. The van der Waals surface area contributed by atoms with Gasteiger partial charge in [0.1, 0.15) is 17.0 Å². The minimum Gasteiger partial charge on any atom is -0.497 e. The molecule has 1 aromatic carbocycles. The van der Waals surface area contributed by atoms with Gasteiger partial charge in [-0.05, 0) is 44.4 Å². The predicted molar refractivity (Wildman–Crippen MR) is 107 cm³/mol. The molecule has 1 aliphatic carbocycles. The summed E-state index contributed by atoms with van der Waals surface area (Å²) in [6, 6.07) is 5.74. The number of amides is 2. The van der Waals surface area contributed by atoms with Crippen LogP contribution in [-0.2, 0) is 16.1 Å². The van der Waals surface area contributed by atoms with Crippen molar-refractivity contribution in [1.29, 1.82) is 0 Å². The molecule has 0 unspecified atom stereocenters. The Morgan fingerprint density at radius 3 is 2.54 bits per heavy atom. The standard InChI is InChI=1S/C22H32N2O4/c1-22(21(26)23-17-8-6-4-5-7-9-17)13-12-20(25)24(22)15-16-14-18(27-2)10-11-19(16)28-3/h10-11,14,17H,4-9,12-13,15H2,1-3H3,(H,23,26)/t22-/m0/s1. The maximum atomic E-state index is 13.2. The van der Waals surface area contributed by atoms with Crippen LogP contribution in [0.4, 0.5) is 0 Å². The zero-order valence-electron chi connectivity index (χ0n) is 17.3. The summed E-state index contributed by atoms with van der Waals surface area (Å²) in [5, 5.41) is 3.24. The van der Waals surface area contributed by atoms with Crippen LogP contribution in [0.15, 0.2) is 18.2 Å². The highest BCUT2D eigenvalue weighted by Gasteiger charge is 2.47. The van der Waals surface area contributed by atoms with E-state index in [1.807, 2.05) is 25.1 Å². The van der Waals surface area contributed by atoms with Crippen LogP contribution >= 0.6 is 0 Å². The van der Waals surface area contributed by atoms with E-state index in [0.29, 0.717) is 30.9 Å². The quantitative estimate of drug-likeness (QED) is 0.758. The maximum Gasteiger partial charge on any atom is 0.245 e. The molecule has 2 amide bonds. The summed E-state index contributed by atoms with van der Waals surface area (Å²) in [6.45, 7) is 2.21. The minimum atomic E-state index is -0.836. The number of benzene rings is 1. The molecular weight excluding hydrogens is 356 g/mol. The molecule has 1 saturated heterocycles. The predicted octanol–water partition coefficient (Wildman–Crippen LogP) is 3.42. The molecule has 28 heavy (non-hydrogen) atoms. The fourth-order valence-electron chi connectivity index (χ4n) is 4.33. The number of ether oxygens (including phenoxy) is 2. The van der Waals surface area contributed by atoms with Crippen molar-refractivity contribution in [3.63, 3.8) is 0 Å². The van der Waals surface area contributed by atoms with Gasteiger partial charge in [-0.25, -0.2) is 0 Å². The molecule has 0 radical (unpaired) electrons. The Balaban J connectivity index is 1.79. The summed E-state index contributed by atoms with van der Waals surface area (Å²) in [6.07, 6.45) is 7.78. The van der Waals surface area contributed by atoms with E-state index >= 15 is 0 Å². The Morgan fingerprint density at radius 1 is 1.18 bits per heavy atom. The highest BCUT2D eigenvalue weighted by atomic mass is 16.5. The van der Waals surface area contributed by atoms with Gasteiger partial charge in [0.2, 0.25) is 11.8 Å². The number of carbonyl (C=O) groups is 2. The molecule has 1 heterocycles. The van der Waals surface area contributed by atoms with Gasteiger partial charge in [0.05, 0.1) is 20.8 Å². The second-order valence-corrected chi connectivity index (χ2v) is 8.09. The Kier molecular flexibility index (Phi) is 6.47. The van der Waals surface area contributed by atoms with Crippen LogP contribution in [-0.4, -0.2) is 42.5 Å². The molecular formula is C22H32N2O4. The lowest BCUT2D eigenvalue weighted by molar-refractivity contribution is -0.141. The number of hydrogen-bond donors (Lipinski definition) is 1. The summed E-state index contributed by atoms with van der Waals surface area (Å²) < 4.78 is 10.8. The number of rotatable bonds is 6. The Bertz CT molecular complexity index is 712. The smallest absolute Gasteiger partial charge is 0.245 e. The first-order valence-corrected chi connectivity index (χ1v) is 10.3. The molecule has 0 bridgehead atoms. The van der Waals surface area contributed by atoms with Crippen LogP contribution < -0.4 is 14.8 Å². The second-order valence-electron chi connectivity index (χ2n) is 8.09. The van der Waals surface area contributed by atoms with E-state index < -0.39 is 5.54 Å². The third-order valence-corrected chi connectivity index (χ3v) is 6.22. The fraction of sp³-hybridized carbons (Fsp3) is 0.636. The molecule has 1 aromatic rings. The van der Waals surface area contributed by atoms with Gasteiger partial charge in [0.25, 0.3) is 0 Å². The number of nitrogens with zero attached hydrogens (tertiary/aromatic N) is 1. The molecule has 0 spiro atoms. The average Bonchev–Trinajstić information content (AvgIpc) is 2.88. The Hall–Kier alpha value is -2.24. The zero-order valence-corrected chi connectivity index (χ0v) is 17.3. The van der Waals surface area contributed by atoms with Crippen molar-refractivity contribution in [2.75, 3.05) is 14.2 Å². The van der Waals surface area contributed by atoms with E-state index in [9.17, 15) is 9.59 Å². The van der Waals surface area contributed by atoms with Crippen LogP contribution in [0.5, 0.6) is 11.5 Å². The summed E-state index contributed by atoms with van der Waals surface area (Å²) in [7, 11) is 3.21. The van der Waals surface area contributed by atoms with Crippen molar-refractivity contribution in [2.45, 2.75) is 76.4 Å². The van der Waals surface area contributed by atoms with Gasteiger partial charge >= 0.3 is 0 Å². The van der Waals surface area contributed by atoms with Gasteiger partial charge in [0, 0.05) is 18.0 Å². The van der Waals surface area contributed by atoms with Crippen molar-refractivity contribution >= 4 is 11.8 Å². The summed E-state index contributed by atoms with van der Waals surface area (Å²) in [5.74, 6) is 1.36. The fourth-order valence-corrected chi connectivity index (χ4v) is 4.33.